The molecule has 12 heteroatoms. The van der Waals surface area contributed by atoms with Crippen molar-refractivity contribution < 1.29 is 37.8 Å². The van der Waals surface area contributed by atoms with E-state index in [9.17, 15) is 32.7 Å². The van der Waals surface area contributed by atoms with E-state index in [1.165, 1.54) is 25.2 Å². The first kappa shape index (κ1) is 31.4. The van der Waals surface area contributed by atoms with E-state index in [1.807, 2.05) is 30.3 Å². The van der Waals surface area contributed by atoms with Crippen LogP contribution in [0.25, 0.3) is 11.1 Å². The van der Waals surface area contributed by atoms with Crippen molar-refractivity contribution in [1.82, 2.24) is 5.32 Å². The summed E-state index contributed by atoms with van der Waals surface area (Å²) in [5, 5.41) is 21.3. The third kappa shape index (κ3) is 7.54. The molecule has 7 N–H and O–H groups in total. The average Bonchev–Trinajstić information content (AvgIpc) is 2.94. The second-order valence-corrected chi connectivity index (χ2v) is 12.0. The minimum absolute atomic E-state index is 0.186. The summed E-state index contributed by atoms with van der Waals surface area (Å²) in [4.78, 5) is 49.1. The maximum Gasteiger partial charge on any atom is 0.327 e. The van der Waals surface area contributed by atoms with Gasteiger partial charge in [0.05, 0.1) is 17.2 Å². The molecule has 1 unspecified atom stereocenters. The Morgan fingerprint density at radius 2 is 1.56 bits per heavy atom. The fourth-order valence-corrected chi connectivity index (χ4v) is 6.23. The lowest BCUT2D eigenvalue weighted by molar-refractivity contribution is -0.149. The van der Waals surface area contributed by atoms with Crippen LogP contribution in [0.15, 0.2) is 77.7 Å². The van der Waals surface area contributed by atoms with Gasteiger partial charge in [0.2, 0.25) is 5.91 Å². The van der Waals surface area contributed by atoms with E-state index in [1.54, 1.807) is 24.3 Å². The molecule has 0 radical (unpaired) electrons. The fourth-order valence-electron chi connectivity index (χ4n) is 4.67. The number of ketones is 1. The molecule has 0 bridgehead atoms. The Labute approximate surface area is 237 Å². The molecule has 0 fully saturated rings. The summed E-state index contributed by atoms with van der Waals surface area (Å²) in [6, 6.07) is 12.1. The van der Waals surface area contributed by atoms with Crippen molar-refractivity contribution in [3.63, 3.8) is 0 Å². The van der Waals surface area contributed by atoms with Crippen LogP contribution in [-0.2, 0) is 34.8 Å². The Balaban J connectivity index is 1.87. The van der Waals surface area contributed by atoms with Crippen LogP contribution in [0.3, 0.4) is 0 Å². The summed E-state index contributed by atoms with van der Waals surface area (Å²) >= 11 is 0. The van der Waals surface area contributed by atoms with Gasteiger partial charge in [-0.1, -0.05) is 66.7 Å². The average molecular weight is 584 g/mol. The molecule has 2 aromatic carbocycles. The molecule has 0 saturated carbocycles. The number of nitrogens with one attached hydrogen (secondary N) is 1. The van der Waals surface area contributed by atoms with E-state index in [4.69, 9.17) is 16.6 Å². The number of benzene rings is 2. The van der Waals surface area contributed by atoms with Crippen LogP contribution in [0.5, 0.6) is 0 Å². The van der Waals surface area contributed by atoms with E-state index in [0.29, 0.717) is 5.56 Å². The molecule has 41 heavy (non-hydrogen) atoms. The van der Waals surface area contributed by atoms with Crippen molar-refractivity contribution in [2.45, 2.75) is 50.1 Å². The van der Waals surface area contributed by atoms with Gasteiger partial charge < -0.3 is 27.0 Å². The topological polar surface area (TPSA) is 207 Å². The van der Waals surface area contributed by atoms with E-state index < -0.39 is 75.6 Å². The van der Waals surface area contributed by atoms with Gasteiger partial charge in [-0.15, -0.1) is 0 Å². The third-order valence-corrected chi connectivity index (χ3v) is 8.69. The number of carbonyl (C=O) groups is 4. The number of nitrogens with two attached hydrogens (primary N) is 2. The quantitative estimate of drug-likeness (QED) is 0.231. The zero-order valence-electron chi connectivity index (χ0n) is 22.4. The second kappa shape index (κ2) is 13.0. The van der Waals surface area contributed by atoms with E-state index in [0.717, 1.165) is 11.1 Å². The number of hydrogen-bond donors (Lipinski definition) is 5. The Kier molecular flexibility index (Phi) is 9.97. The molecular formula is C29H33N3O8S. The summed E-state index contributed by atoms with van der Waals surface area (Å²) in [6.07, 6.45) is 2.57. The predicted molar refractivity (Wildman–Crippen MR) is 152 cm³/mol. The SMILES string of the molecule is C[C@H](N)C(=O)C1([C@@H](NC(=O)CC[C@H](N)C(=O)O)C(=O)O)C=CC=C(S(=O)(=O)Cc2ccc(-c3ccccc3)cc2)C1. The standard InChI is InChI=1S/C29H33N3O8S/c1-18(30)26(34)29(25(28(37)38)32-24(33)14-13-23(31)27(35)36)15-5-8-22(16-29)41(39,40)17-19-9-11-21(12-10-19)20-6-3-2-4-7-20/h2-12,15,18,23,25H,13-14,16-17,30-31H2,1H3,(H,32,33)(H,35,36)(H,37,38)/t18-,23-,25-,29?/m0/s1. The molecule has 1 aliphatic carbocycles. The maximum absolute atomic E-state index is 13.5. The van der Waals surface area contributed by atoms with Crippen molar-refractivity contribution >= 4 is 33.5 Å². The Hall–Kier alpha value is -4.13. The van der Waals surface area contributed by atoms with Gasteiger partial charge in [-0.05, 0) is 36.1 Å². The first-order valence-corrected chi connectivity index (χ1v) is 14.5. The fraction of sp³-hybridized carbons (Fsp3) is 0.310. The van der Waals surface area contributed by atoms with Gasteiger partial charge in [-0.25, -0.2) is 13.2 Å². The van der Waals surface area contributed by atoms with Crippen LogP contribution in [0, 0.1) is 5.41 Å². The Morgan fingerprint density at radius 3 is 2.12 bits per heavy atom. The summed E-state index contributed by atoms with van der Waals surface area (Å²) in [5.41, 5.74) is 11.6. The number of amides is 1. The highest BCUT2D eigenvalue weighted by atomic mass is 32.2. The molecule has 11 nitrogen and oxygen atoms in total. The number of hydrogen-bond acceptors (Lipinski definition) is 8. The van der Waals surface area contributed by atoms with Gasteiger partial charge in [-0.2, -0.15) is 0 Å². The second-order valence-electron chi connectivity index (χ2n) is 10.0. The highest BCUT2D eigenvalue weighted by Gasteiger charge is 2.51. The van der Waals surface area contributed by atoms with Crippen molar-refractivity contribution in [2.24, 2.45) is 16.9 Å². The van der Waals surface area contributed by atoms with Crippen LogP contribution in [0.2, 0.25) is 0 Å². The smallest absolute Gasteiger partial charge is 0.327 e. The molecule has 0 heterocycles. The van der Waals surface area contributed by atoms with Gasteiger partial charge in [-0.3, -0.25) is 14.4 Å². The van der Waals surface area contributed by atoms with Crippen LogP contribution in [0.1, 0.15) is 31.7 Å². The lowest BCUT2D eigenvalue weighted by Gasteiger charge is -2.38. The minimum atomic E-state index is -4.03. The largest absolute Gasteiger partial charge is 0.480 e. The molecule has 3 rings (SSSR count). The minimum Gasteiger partial charge on any atom is -0.480 e. The number of allylic oxidation sites excluding steroid dienone is 3. The molecule has 0 saturated heterocycles. The zero-order chi connectivity index (χ0) is 30.4. The van der Waals surface area contributed by atoms with E-state index in [-0.39, 0.29) is 11.3 Å². The molecule has 1 aliphatic rings. The van der Waals surface area contributed by atoms with Crippen LogP contribution >= 0.6 is 0 Å². The van der Waals surface area contributed by atoms with Gasteiger partial charge >= 0.3 is 11.9 Å². The van der Waals surface area contributed by atoms with Crippen molar-refractivity contribution in [1.29, 1.82) is 0 Å². The summed E-state index contributed by atoms with van der Waals surface area (Å²) in [5.74, 6) is -4.97. The Morgan fingerprint density at radius 1 is 0.951 bits per heavy atom. The number of Topliss-reactive ketones (excluding diaryl/α,β-unsaturated/α-hetero) is 1. The number of carboxylic acids is 2. The molecule has 0 aromatic heterocycles. The third-order valence-electron chi connectivity index (χ3n) is 6.90. The van der Waals surface area contributed by atoms with Gasteiger partial charge in [0, 0.05) is 17.7 Å². The molecule has 0 spiro atoms. The first-order valence-electron chi connectivity index (χ1n) is 12.8. The number of carboxylic acid groups (broad SMARTS) is 2. The van der Waals surface area contributed by atoms with E-state index >= 15 is 0 Å². The van der Waals surface area contributed by atoms with Gasteiger partial charge in [0.25, 0.3) is 0 Å². The molecule has 218 valence electrons. The zero-order valence-corrected chi connectivity index (χ0v) is 23.2. The predicted octanol–water partition coefficient (Wildman–Crippen LogP) is 1.78. The van der Waals surface area contributed by atoms with Crippen LogP contribution < -0.4 is 16.8 Å². The summed E-state index contributed by atoms with van der Waals surface area (Å²) in [7, 11) is -4.03. The molecule has 0 aliphatic heterocycles. The Bertz CT molecular complexity index is 1470. The number of rotatable bonds is 13. The van der Waals surface area contributed by atoms with Crippen molar-refractivity contribution in [3.05, 3.63) is 83.3 Å². The maximum atomic E-state index is 13.5. The van der Waals surface area contributed by atoms with E-state index in [2.05, 4.69) is 5.32 Å². The van der Waals surface area contributed by atoms with Crippen LogP contribution in [0.4, 0.5) is 0 Å². The highest BCUT2D eigenvalue weighted by molar-refractivity contribution is 7.94. The highest BCUT2D eigenvalue weighted by Crippen LogP contribution is 2.40. The lowest BCUT2D eigenvalue weighted by Crippen LogP contribution is -2.59. The number of aliphatic carboxylic acids is 2. The molecular weight excluding hydrogens is 550 g/mol. The number of carbonyl (C=O) groups excluding carboxylic acids is 2. The first-order chi connectivity index (χ1) is 19.3. The lowest BCUT2D eigenvalue weighted by atomic mass is 9.69. The molecule has 1 amide bonds. The van der Waals surface area contributed by atoms with Gasteiger partial charge in [0.15, 0.2) is 15.6 Å². The summed E-state index contributed by atoms with van der Waals surface area (Å²) < 4.78 is 27.0. The normalized spacial score (nSPS) is 19.0. The van der Waals surface area contributed by atoms with Gasteiger partial charge in [0.1, 0.15) is 12.1 Å². The van der Waals surface area contributed by atoms with Crippen molar-refractivity contribution in [2.75, 3.05) is 0 Å². The number of sulfone groups is 1. The molecule has 4 atom stereocenters. The van der Waals surface area contributed by atoms with Crippen molar-refractivity contribution in [3.8, 4) is 11.1 Å². The molecule has 2 aromatic rings. The van der Waals surface area contributed by atoms with Crippen LogP contribution in [-0.4, -0.2) is 60.4 Å². The monoisotopic (exact) mass is 583 g/mol. The summed E-state index contributed by atoms with van der Waals surface area (Å²) in [6.45, 7) is 1.34.